The van der Waals surface area contributed by atoms with Crippen molar-refractivity contribution in [1.82, 2.24) is 0 Å². The lowest BCUT2D eigenvalue weighted by atomic mass is 9.77. The van der Waals surface area contributed by atoms with Crippen LogP contribution < -0.4 is 0 Å². The van der Waals surface area contributed by atoms with Gasteiger partial charge in [-0.05, 0) is 38.5 Å². The summed E-state index contributed by atoms with van der Waals surface area (Å²) >= 11 is 0. The molecule has 2 bridgehead atoms. The van der Waals surface area contributed by atoms with Gasteiger partial charge in [0, 0.05) is 11.8 Å². The Balaban J connectivity index is 1.56. The van der Waals surface area contributed by atoms with Gasteiger partial charge >= 0.3 is 33.3 Å². The van der Waals surface area contributed by atoms with E-state index in [4.69, 9.17) is 18.8 Å². The molecule has 3 aliphatic carbocycles. The largest absolute Gasteiger partial charge is 0.465 e. The van der Waals surface area contributed by atoms with Crippen molar-refractivity contribution in [3.8, 4) is 0 Å². The summed E-state index contributed by atoms with van der Waals surface area (Å²) in [6.45, 7) is 1.90. The molecule has 0 spiro atoms. The molecule has 3 saturated carbocycles. The molecule has 0 radical (unpaired) electrons. The summed E-state index contributed by atoms with van der Waals surface area (Å²) in [5.74, 6) is -6.99. The topological polar surface area (TPSA) is 133 Å². The molecule has 0 aromatic carbocycles. The summed E-state index contributed by atoms with van der Waals surface area (Å²) in [4.78, 5) is 37.3. The van der Waals surface area contributed by atoms with Crippen molar-refractivity contribution in [3.05, 3.63) is 0 Å². The van der Waals surface area contributed by atoms with Crippen molar-refractivity contribution in [1.29, 1.82) is 0 Å². The van der Waals surface area contributed by atoms with Gasteiger partial charge in [-0.25, -0.2) is 4.79 Å². The van der Waals surface area contributed by atoms with Gasteiger partial charge in [0.15, 0.2) is 0 Å². The molecule has 12 heteroatoms. The highest BCUT2D eigenvalue weighted by Crippen LogP contribution is 2.59. The number of hydrogen-bond donors (Lipinski definition) is 1. The molecule has 4 aliphatic rings. The van der Waals surface area contributed by atoms with Crippen LogP contribution in [0.4, 0.5) is 8.78 Å². The van der Waals surface area contributed by atoms with Crippen LogP contribution in [-0.2, 0) is 38.7 Å². The zero-order valence-corrected chi connectivity index (χ0v) is 17.6. The van der Waals surface area contributed by atoms with Crippen LogP contribution in [-0.4, -0.2) is 53.9 Å². The van der Waals surface area contributed by atoms with E-state index in [2.05, 4.69) is 0 Å². The predicted octanol–water partition coefficient (Wildman–Crippen LogP) is 1.84. The molecular weight excluding hydrogens is 442 g/mol. The van der Waals surface area contributed by atoms with Gasteiger partial charge in [-0.2, -0.15) is 17.2 Å². The maximum absolute atomic E-state index is 13.7. The quantitative estimate of drug-likeness (QED) is 0.354. The number of carbonyl (C=O) groups is 3. The van der Waals surface area contributed by atoms with Crippen LogP contribution in [0.1, 0.15) is 51.9 Å². The molecule has 31 heavy (non-hydrogen) atoms. The minimum absolute atomic E-state index is 0.218. The molecule has 5 unspecified atom stereocenters. The Hall–Kier alpha value is -1.82. The van der Waals surface area contributed by atoms with E-state index in [-0.39, 0.29) is 6.42 Å². The summed E-state index contributed by atoms with van der Waals surface area (Å²) in [6, 6.07) is 0. The second kappa shape index (κ2) is 7.36. The average Bonchev–Trinajstić information content (AvgIpc) is 3.31. The maximum atomic E-state index is 13.7. The van der Waals surface area contributed by atoms with E-state index in [9.17, 15) is 31.6 Å². The number of fused-ring (bicyclic) bond motifs is 1. The Morgan fingerprint density at radius 3 is 2.45 bits per heavy atom. The van der Waals surface area contributed by atoms with E-state index in [0.29, 0.717) is 19.3 Å². The first-order valence-corrected chi connectivity index (χ1v) is 11.8. The lowest BCUT2D eigenvalue weighted by Gasteiger charge is -2.38. The van der Waals surface area contributed by atoms with E-state index in [1.165, 1.54) is 0 Å². The van der Waals surface area contributed by atoms with E-state index in [1.54, 1.807) is 0 Å². The van der Waals surface area contributed by atoms with E-state index < -0.39 is 74.8 Å². The Morgan fingerprint density at radius 1 is 1.23 bits per heavy atom. The van der Waals surface area contributed by atoms with Crippen LogP contribution in [0.15, 0.2) is 0 Å². The molecular formula is C19H24F2O9S. The number of hydrogen-bond acceptors (Lipinski definition) is 8. The van der Waals surface area contributed by atoms with Gasteiger partial charge < -0.3 is 14.2 Å². The van der Waals surface area contributed by atoms with Crippen molar-refractivity contribution in [2.75, 3.05) is 0 Å². The highest BCUT2D eigenvalue weighted by Gasteiger charge is 2.71. The van der Waals surface area contributed by atoms with Crippen LogP contribution >= 0.6 is 0 Å². The number of esters is 3. The smallest absolute Gasteiger partial charge is 0.459 e. The summed E-state index contributed by atoms with van der Waals surface area (Å²) < 4.78 is 73.5. The Labute approximate surface area is 177 Å². The first-order valence-electron chi connectivity index (χ1n) is 10.4. The van der Waals surface area contributed by atoms with Gasteiger partial charge in [-0.15, -0.1) is 0 Å². The van der Waals surface area contributed by atoms with Crippen molar-refractivity contribution in [2.24, 2.45) is 23.7 Å². The Kier molecular flexibility index (Phi) is 5.31. The zero-order valence-electron chi connectivity index (χ0n) is 16.8. The van der Waals surface area contributed by atoms with Crippen molar-refractivity contribution < 1.29 is 50.3 Å². The second-order valence-electron chi connectivity index (χ2n) is 8.90. The third-order valence-electron chi connectivity index (χ3n) is 7.35. The van der Waals surface area contributed by atoms with Gasteiger partial charge in [0.25, 0.3) is 0 Å². The zero-order chi connectivity index (χ0) is 22.8. The van der Waals surface area contributed by atoms with Crippen LogP contribution in [0.25, 0.3) is 0 Å². The molecule has 9 nitrogen and oxygen atoms in total. The van der Waals surface area contributed by atoms with E-state index >= 15 is 0 Å². The third kappa shape index (κ3) is 3.42. The standard InChI is InChI=1S/C19H24F2O9S/c1-2-18(6-4-3-5-7-18)30-16(23)12-10-8-9-11(12)15(22)28-13(9)14(10)29-17(24)19(20,21)31(25,26)27/h9-14H,2-8H2,1H3,(H,25,26,27)/t9?,10-,11?,12?,13?,14?/m0/s1. The van der Waals surface area contributed by atoms with Gasteiger partial charge in [-0.1, -0.05) is 13.3 Å². The van der Waals surface area contributed by atoms with Crippen molar-refractivity contribution >= 4 is 28.0 Å². The first-order chi connectivity index (χ1) is 14.4. The Morgan fingerprint density at radius 2 is 1.87 bits per heavy atom. The molecule has 4 rings (SSSR count). The number of alkyl halides is 2. The molecule has 1 aliphatic heterocycles. The number of halogens is 2. The van der Waals surface area contributed by atoms with Crippen molar-refractivity contribution in [3.63, 3.8) is 0 Å². The number of carbonyl (C=O) groups excluding carboxylic acids is 3. The predicted molar refractivity (Wildman–Crippen MR) is 97.0 cm³/mol. The fourth-order valence-corrected chi connectivity index (χ4v) is 6.03. The SMILES string of the molecule is CCC1(OC(=O)C2C3C(=O)OC4C3C[C@@H]2C4OC(=O)C(F)(F)S(=O)(=O)O)CCCCC1. The first kappa shape index (κ1) is 22.4. The minimum Gasteiger partial charge on any atom is -0.459 e. The molecule has 6 atom stereocenters. The monoisotopic (exact) mass is 466 g/mol. The summed E-state index contributed by atoms with van der Waals surface area (Å²) in [5.41, 5.74) is -0.650. The fraction of sp³-hybridized carbons (Fsp3) is 0.842. The lowest BCUT2D eigenvalue weighted by molar-refractivity contribution is -0.184. The summed E-state index contributed by atoms with van der Waals surface area (Å²) in [6.07, 6.45) is 2.55. The van der Waals surface area contributed by atoms with Crippen molar-refractivity contribution in [2.45, 2.75) is 74.9 Å². The van der Waals surface area contributed by atoms with Crippen LogP contribution in [0.2, 0.25) is 0 Å². The van der Waals surface area contributed by atoms with Crippen LogP contribution in [0.5, 0.6) is 0 Å². The minimum atomic E-state index is -6.05. The van der Waals surface area contributed by atoms with Gasteiger partial charge in [0.2, 0.25) is 0 Å². The van der Waals surface area contributed by atoms with E-state index in [1.807, 2.05) is 6.92 Å². The molecule has 1 heterocycles. The highest BCUT2D eigenvalue weighted by molar-refractivity contribution is 7.87. The van der Waals surface area contributed by atoms with Gasteiger partial charge in [0.05, 0.1) is 11.8 Å². The molecule has 0 aromatic heterocycles. The molecule has 0 aromatic rings. The summed E-state index contributed by atoms with van der Waals surface area (Å²) in [5, 5.41) is -5.18. The number of ether oxygens (including phenoxy) is 3. The summed E-state index contributed by atoms with van der Waals surface area (Å²) in [7, 11) is -6.05. The average molecular weight is 466 g/mol. The van der Waals surface area contributed by atoms with Crippen LogP contribution in [0, 0.1) is 23.7 Å². The molecule has 174 valence electrons. The van der Waals surface area contributed by atoms with Crippen LogP contribution in [0.3, 0.4) is 0 Å². The molecule has 1 saturated heterocycles. The second-order valence-corrected chi connectivity index (χ2v) is 10.4. The van der Waals surface area contributed by atoms with E-state index in [0.717, 1.165) is 19.3 Å². The molecule has 1 N–H and O–H groups in total. The molecule has 4 fully saturated rings. The maximum Gasteiger partial charge on any atom is 0.465 e. The highest BCUT2D eigenvalue weighted by atomic mass is 32.2. The Bertz CT molecular complexity index is 896. The third-order valence-corrected chi connectivity index (χ3v) is 8.16. The fourth-order valence-electron chi connectivity index (χ4n) is 5.77. The molecule has 0 amide bonds. The normalized spacial score (nSPS) is 36.2. The van der Waals surface area contributed by atoms with Gasteiger partial charge in [-0.3, -0.25) is 14.1 Å². The van der Waals surface area contributed by atoms with Gasteiger partial charge in [0.1, 0.15) is 17.8 Å². The lowest BCUT2D eigenvalue weighted by Crippen LogP contribution is -2.49. The number of rotatable bonds is 6.